The summed E-state index contributed by atoms with van der Waals surface area (Å²) in [6.07, 6.45) is 2.21. The minimum Gasteiger partial charge on any atom is -0.464 e. The summed E-state index contributed by atoms with van der Waals surface area (Å²) in [6.45, 7) is 0.856. The maximum absolute atomic E-state index is 12.4. The molecule has 2 aromatic rings. The van der Waals surface area contributed by atoms with Gasteiger partial charge in [-0.15, -0.1) is 0 Å². The lowest BCUT2D eigenvalue weighted by Crippen LogP contribution is -2.35. The number of unbranched alkanes of at least 4 members (excludes halogenated alkanes) is 1. The quantitative estimate of drug-likeness (QED) is 0.376. The Morgan fingerprint density at radius 1 is 1.04 bits per heavy atom. The SMILES string of the molecule is CN[C@@H](CCCCN)C(=O)CC(=O)OCC1c2ccccc2-c2ccccc21. The van der Waals surface area contributed by atoms with Crippen molar-refractivity contribution < 1.29 is 14.3 Å². The van der Waals surface area contributed by atoms with Gasteiger partial charge in [0.2, 0.25) is 0 Å². The molecule has 148 valence electrons. The van der Waals surface area contributed by atoms with E-state index in [-0.39, 0.29) is 30.8 Å². The fourth-order valence-electron chi connectivity index (χ4n) is 3.89. The fourth-order valence-corrected chi connectivity index (χ4v) is 3.89. The van der Waals surface area contributed by atoms with E-state index in [1.165, 1.54) is 11.1 Å². The molecule has 0 aliphatic heterocycles. The van der Waals surface area contributed by atoms with Crippen molar-refractivity contribution in [2.24, 2.45) is 5.73 Å². The van der Waals surface area contributed by atoms with Crippen LogP contribution in [0.4, 0.5) is 0 Å². The lowest BCUT2D eigenvalue weighted by atomic mass is 9.98. The van der Waals surface area contributed by atoms with Gasteiger partial charge in [0.1, 0.15) is 13.0 Å². The predicted octanol–water partition coefficient (Wildman–Crippen LogP) is 3.02. The molecule has 3 rings (SSSR count). The fraction of sp³-hybridized carbons (Fsp3) is 0.391. The van der Waals surface area contributed by atoms with Crippen LogP contribution in [0, 0.1) is 0 Å². The zero-order chi connectivity index (χ0) is 19.9. The van der Waals surface area contributed by atoms with Crippen molar-refractivity contribution in [2.45, 2.75) is 37.6 Å². The number of esters is 1. The van der Waals surface area contributed by atoms with Crippen molar-refractivity contribution in [3.63, 3.8) is 0 Å². The topological polar surface area (TPSA) is 81.4 Å². The van der Waals surface area contributed by atoms with E-state index in [2.05, 4.69) is 29.6 Å². The molecule has 0 amide bonds. The molecule has 0 bridgehead atoms. The maximum atomic E-state index is 12.4. The summed E-state index contributed by atoms with van der Waals surface area (Å²) in [5, 5.41) is 2.99. The second kappa shape index (κ2) is 9.62. The zero-order valence-electron chi connectivity index (χ0n) is 16.3. The highest BCUT2D eigenvalue weighted by molar-refractivity contribution is 5.98. The van der Waals surface area contributed by atoms with E-state index >= 15 is 0 Å². The summed E-state index contributed by atoms with van der Waals surface area (Å²) >= 11 is 0. The zero-order valence-corrected chi connectivity index (χ0v) is 16.3. The molecule has 0 unspecified atom stereocenters. The number of rotatable bonds is 10. The third-order valence-corrected chi connectivity index (χ3v) is 5.38. The molecular weight excluding hydrogens is 352 g/mol. The van der Waals surface area contributed by atoms with Crippen molar-refractivity contribution in [1.29, 1.82) is 0 Å². The Kier molecular flexibility index (Phi) is 6.95. The van der Waals surface area contributed by atoms with Gasteiger partial charge in [-0.2, -0.15) is 0 Å². The average Bonchev–Trinajstić information content (AvgIpc) is 3.03. The molecule has 1 aliphatic carbocycles. The van der Waals surface area contributed by atoms with Gasteiger partial charge in [0, 0.05) is 5.92 Å². The van der Waals surface area contributed by atoms with Crippen LogP contribution < -0.4 is 11.1 Å². The van der Waals surface area contributed by atoms with Crippen molar-refractivity contribution >= 4 is 11.8 Å². The molecule has 5 nitrogen and oxygen atoms in total. The average molecular weight is 380 g/mol. The molecule has 5 heteroatoms. The number of carbonyl (C=O) groups excluding carboxylic acids is 2. The molecule has 0 aromatic heterocycles. The molecule has 3 N–H and O–H groups in total. The van der Waals surface area contributed by atoms with Crippen LogP contribution in [0.25, 0.3) is 11.1 Å². The van der Waals surface area contributed by atoms with Crippen molar-refractivity contribution in [1.82, 2.24) is 5.32 Å². The van der Waals surface area contributed by atoms with Crippen LogP contribution in [0.5, 0.6) is 0 Å². The van der Waals surface area contributed by atoms with Crippen molar-refractivity contribution in [2.75, 3.05) is 20.2 Å². The lowest BCUT2D eigenvalue weighted by molar-refractivity contribution is -0.146. The molecule has 1 aliphatic rings. The Morgan fingerprint density at radius 3 is 2.21 bits per heavy atom. The predicted molar refractivity (Wildman–Crippen MR) is 110 cm³/mol. The van der Waals surface area contributed by atoms with Crippen molar-refractivity contribution in [3.8, 4) is 11.1 Å². The van der Waals surface area contributed by atoms with Gasteiger partial charge in [0.15, 0.2) is 5.78 Å². The summed E-state index contributed by atoms with van der Waals surface area (Å²) in [4.78, 5) is 24.7. The first-order valence-electron chi connectivity index (χ1n) is 9.89. The minimum absolute atomic E-state index is 0.0103. The van der Waals surface area contributed by atoms with Gasteiger partial charge in [0.05, 0.1) is 6.04 Å². The molecule has 0 saturated heterocycles. The lowest BCUT2D eigenvalue weighted by Gasteiger charge is -2.16. The van der Waals surface area contributed by atoms with Crippen LogP contribution in [0.15, 0.2) is 48.5 Å². The summed E-state index contributed by atoms with van der Waals surface area (Å²) in [7, 11) is 1.74. The first kappa shape index (κ1) is 20.2. The van der Waals surface area contributed by atoms with Gasteiger partial charge >= 0.3 is 5.97 Å². The van der Waals surface area contributed by atoms with E-state index in [1.807, 2.05) is 24.3 Å². The molecule has 2 aromatic carbocycles. The molecule has 0 heterocycles. The van der Waals surface area contributed by atoms with E-state index < -0.39 is 5.97 Å². The van der Waals surface area contributed by atoms with Crippen molar-refractivity contribution in [3.05, 3.63) is 59.7 Å². The number of ether oxygens (including phenoxy) is 1. The monoisotopic (exact) mass is 380 g/mol. The summed E-state index contributed by atoms with van der Waals surface area (Å²) in [5.74, 6) is -0.584. The number of hydrogen-bond donors (Lipinski definition) is 2. The first-order valence-corrected chi connectivity index (χ1v) is 9.89. The van der Waals surface area contributed by atoms with Gasteiger partial charge in [-0.05, 0) is 48.7 Å². The first-order chi connectivity index (χ1) is 13.7. The van der Waals surface area contributed by atoms with Crippen LogP contribution in [0.1, 0.15) is 42.7 Å². The normalized spacial score (nSPS) is 13.6. The van der Waals surface area contributed by atoms with Crippen LogP contribution in [-0.4, -0.2) is 38.0 Å². The number of carbonyl (C=O) groups is 2. The second-order valence-electron chi connectivity index (χ2n) is 7.18. The molecule has 0 spiro atoms. The highest BCUT2D eigenvalue weighted by atomic mass is 16.5. The minimum atomic E-state index is -0.467. The Bertz CT molecular complexity index is 789. The number of likely N-dealkylation sites (N-methyl/N-ethyl adjacent to an activating group) is 1. The molecule has 28 heavy (non-hydrogen) atoms. The Balaban J connectivity index is 1.60. The van der Waals surface area contributed by atoms with Gasteiger partial charge < -0.3 is 15.8 Å². The highest BCUT2D eigenvalue weighted by Gasteiger charge is 2.29. The van der Waals surface area contributed by atoms with Crippen LogP contribution >= 0.6 is 0 Å². The summed E-state index contributed by atoms with van der Waals surface area (Å²) < 4.78 is 5.52. The number of benzene rings is 2. The number of Topliss-reactive ketones (excluding diaryl/α,β-unsaturated/α-hetero) is 1. The largest absolute Gasteiger partial charge is 0.464 e. The van der Waals surface area contributed by atoms with E-state index in [4.69, 9.17) is 10.5 Å². The second-order valence-corrected chi connectivity index (χ2v) is 7.18. The van der Waals surface area contributed by atoms with Gasteiger partial charge in [-0.1, -0.05) is 55.0 Å². The van der Waals surface area contributed by atoms with E-state index in [0.29, 0.717) is 13.0 Å². The van der Waals surface area contributed by atoms with Crippen LogP contribution in [-0.2, 0) is 14.3 Å². The Labute approximate surface area is 166 Å². The number of ketones is 1. The molecule has 0 saturated carbocycles. The molecule has 0 fully saturated rings. The summed E-state index contributed by atoms with van der Waals surface area (Å²) in [5.41, 5.74) is 10.2. The number of fused-ring (bicyclic) bond motifs is 3. The Hall–Kier alpha value is -2.50. The van der Waals surface area contributed by atoms with Crippen LogP contribution in [0.2, 0.25) is 0 Å². The van der Waals surface area contributed by atoms with E-state index in [0.717, 1.165) is 24.0 Å². The number of nitrogens with two attached hydrogens (primary N) is 1. The van der Waals surface area contributed by atoms with Gasteiger partial charge in [0.25, 0.3) is 0 Å². The van der Waals surface area contributed by atoms with E-state index in [9.17, 15) is 9.59 Å². The van der Waals surface area contributed by atoms with Crippen LogP contribution in [0.3, 0.4) is 0 Å². The smallest absolute Gasteiger partial charge is 0.313 e. The number of nitrogens with one attached hydrogen (secondary N) is 1. The highest BCUT2D eigenvalue weighted by Crippen LogP contribution is 2.44. The molecule has 1 atom stereocenters. The standard InChI is InChI=1S/C23H28N2O3/c1-25-21(12-6-7-13-24)22(26)14-23(27)28-15-20-18-10-4-2-8-16(18)17-9-3-5-11-19(17)20/h2-5,8-11,20-21,25H,6-7,12-15,24H2,1H3/t21-/m0/s1. The third kappa shape index (κ3) is 4.49. The Morgan fingerprint density at radius 2 is 1.64 bits per heavy atom. The number of hydrogen-bond acceptors (Lipinski definition) is 5. The molecule has 0 radical (unpaired) electrons. The third-order valence-electron chi connectivity index (χ3n) is 5.38. The maximum Gasteiger partial charge on any atom is 0.313 e. The van der Waals surface area contributed by atoms with Gasteiger partial charge in [-0.3, -0.25) is 9.59 Å². The summed E-state index contributed by atoms with van der Waals surface area (Å²) in [6, 6.07) is 16.1. The molecular formula is C23H28N2O3. The van der Waals surface area contributed by atoms with E-state index in [1.54, 1.807) is 7.05 Å². The van der Waals surface area contributed by atoms with Gasteiger partial charge in [-0.25, -0.2) is 0 Å².